The van der Waals surface area contributed by atoms with E-state index in [0.717, 1.165) is 12.3 Å². The quantitative estimate of drug-likeness (QED) is 0.895. The summed E-state index contributed by atoms with van der Waals surface area (Å²) in [6, 6.07) is 8.96. The monoisotopic (exact) mass is 276 g/mol. The summed E-state index contributed by atoms with van der Waals surface area (Å²) < 4.78 is 5.88. The van der Waals surface area contributed by atoms with E-state index in [2.05, 4.69) is 56.2 Å². The molecule has 3 heteroatoms. The van der Waals surface area contributed by atoms with E-state index in [-0.39, 0.29) is 6.10 Å². The standard InChI is InChI=1S/C17H28N2O/c1-13(2)20-17-8-6-5-7-15(17)11-18-16-9-10-19(4)12-14(16)3/h5-8,13-14,16,18H,9-12H2,1-4H3. The van der Waals surface area contributed by atoms with Gasteiger partial charge in [0.1, 0.15) is 5.75 Å². The third-order valence-corrected chi connectivity index (χ3v) is 4.00. The number of rotatable bonds is 5. The van der Waals surface area contributed by atoms with Crippen LogP contribution in [0.25, 0.3) is 0 Å². The van der Waals surface area contributed by atoms with Crippen molar-refractivity contribution >= 4 is 0 Å². The molecule has 1 N–H and O–H groups in total. The minimum atomic E-state index is 0.221. The fraction of sp³-hybridized carbons (Fsp3) is 0.647. The van der Waals surface area contributed by atoms with Crippen LogP contribution >= 0.6 is 0 Å². The molecule has 0 radical (unpaired) electrons. The van der Waals surface area contributed by atoms with Crippen molar-refractivity contribution in [1.29, 1.82) is 0 Å². The first-order valence-corrected chi connectivity index (χ1v) is 7.72. The molecule has 1 aliphatic rings. The van der Waals surface area contributed by atoms with Crippen molar-refractivity contribution in [3.63, 3.8) is 0 Å². The van der Waals surface area contributed by atoms with Crippen LogP contribution in [0.15, 0.2) is 24.3 Å². The first-order valence-electron chi connectivity index (χ1n) is 7.72. The van der Waals surface area contributed by atoms with Crippen molar-refractivity contribution in [2.45, 2.75) is 45.9 Å². The van der Waals surface area contributed by atoms with Gasteiger partial charge in [-0.05, 0) is 45.8 Å². The van der Waals surface area contributed by atoms with Crippen LogP contribution in [0.4, 0.5) is 0 Å². The highest BCUT2D eigenvalue weighted by Gasteiger charge is 2.23. The maximum atomic E-state index is 5.88. The van der Waals surface area contributed by atoms with E-state index >= 15 is 0 Å². The molecule has 0 saturated carbocycles. The predicted molar refractivity (Wildman–Crippen MR) is 84.1 cm³/mol. The minimum Gasteiger partial charge on any atom is -0.491 e. The van der Waals surface area contributed by atoms with Gasteiger partial charge in [0.2, 0.25) is 0 Å². The molecule has 0 amide bonds. The van der Waals surface area contributed by atoms with E-state index in [1.807, 2.05) is 6.07 Å². The van der Waals surface area contributed by atoms with E-state index in [1.54, 1.807) is 0 Å². The van der Waals surface area contributed by atoms with Crippen LogP contribution in [0.1, 0.15) is 32.8 Å². The molecule has 1 fully saturated rings. The number of benzene rings is 1. The average molecular weight is 276 g/mol. The minimum absolute atomic E-state index is 0.221. The van der Waals surface area contributed by atoms with Crippen LogP contribution in [-0.4, -0.2) is 37.2 Å². The highest BCUT2D eigenvalue weighted by atomic mass is 16.5. The Morgan fingerprint density at radius 2 is 2.10 bits per heavy atom. The first-order chi connectivity index (χ1) is 9.56. The van der Waals surface area contributed by atoms with Gasteiger partial charge in [-0.1, -0.05) is 25.1 Å². The smallest absolute Gasteiger partial charge is 0.124 e. The third-order valence-electron chi connectivity index (χ3n) is 4.00. The van der Waals surface area contributed by atoms with Gasteiger partial charge in [0.25, 0.3) is 0 Å². The Kier molecular flexibility index (Phi) is 5.44. The second kappa shape index (κ2) is 7.09. The van der Waals surface area contributed by atoms with Crippen LogP contribution in [0, 0.1) is 5.92 Å². The van der Waals surface area contributed by atoms with Crippen molar-refractivity contribution in [3.05, 3.63) is 29.8 Å². The maximum absolute atomic E-state index is 5.88. The number of hydrogen-bond donors (Lipinski definition) is 1. The summed E-state index contributed by atoms with van der Waals surface area (Å²) in [5.74, 6) is 1.71. The Morgan fingerprint density at radius 1 is 1.35 bits per heavy atom. The summed E-state index contributed by atoms with van der Waals surface area (Å²) in [4.78, 5) is 2.42. The second-order valence-corrected chi connectivity index (χ2v) is 6.29. The zero-order valence-electron chi connectivity index (χ0n) is 13.2. The highest BCUT2D eigenvalue weighted by Crippen LogP contribution is 2.21. The maximum Gasteiger partial charge on any atom is 0.124 e. The van der Waals surface area contributed by atoms with Crippen LogP contribution in [0.5, 0.6) is 5.75 Å². The van der Waals surface area contributed by atoms with E-state index in [4.69, 9.17) is 4.74 Å². The van der Waals surface area contributed by atoms with Crippen molar-refractivity contribution in [2.24, 2.45) is 5.92 Å². The van der Waals surface area contributed by atoms with E-state index in [9.17, 15) is 0 Å². The first kappa shape index (κ1) is 15.3. The van der Waals surface area contributed by atoms with Crippen LogP contribution in [-0.2, 0) is 6.54 Å². The number of nitrogens with zero attached hydrogens (tertiary/aromatic N) is 1. The molecular formula is C17H28N2O. The number of ether oxygens (including phenoxy) is 1. The molecule has 1 saturated heterocycles. The van der Waals surface area contributed by atoms with Gasteiger partial charge in [0.15, 0.2) is 0 Å². The van der Waals surface area contributed by atoms with Gasteiger partial charge in [-0.25, -0.2) is 0 Å². The summed E-state index contributed by atoms with van der Waals surface area (Å²) >= 11 is 0. The number of nitrogens with one attached hydrogen (secondary N) is 1. The van der Waals surface area contributed by atoms with Crippen LogP contribution in [0.2, 0.25) is 0 Å². The molecule has 1 aromatic rings. The number of para-hydroxylation sites is 1. The Labute approximate surface area is 123 Å². The summed E-state index contributed by atoms with van der Waals surface area (Å²) in [6.07, 6.45) is 1.45. The third kappa shape index (κ3) is 4.22. The van der Waals surface area contributed by atoms with Gasteiger partial charge >= 0.3 is 0 Å². The topological polar surface area (TPSA) is 24.5 Å². The molecule has 1 heterocycles. The summed E-state index contributed by atoms with van der Waals surface area (Å²) in [5.41, 5.74) is 1.26. The molecular weight excluding hydrogens is 248 g/mol. The van der Waals surface area contributed by atoms with Crippen molar-refractivity contribution < 1.29 is 4.74 Å². The fourth-order valence-electron chi connectivity index (χ4n) is 2.92. The molecule has 112 valence electrons. The number of hydrogen-bond acceptors (Lipinski definition) is 3. The lowest BCUT2D eigenvalue weighted by atomic mass is 9.94. The summed E-state index contributed by atoms with van der Waals surface area (Å²) in [7, 11) is 2.21. The SMILES string of the molecule is CC(C)Oc1ccccc1CNC1CCN(C)CC1C. The lowest BCUT2D eigenvalue weighted by molar-refractivity contribution is 0.173. The Hall–Kier alpha value is -1.06. The zero-order chi connectivity index (χ0) is 14.5. The van der Waals surface area contributed by atoms with Gasteiger partial charge in [-0.3, -0.25) is 0 Å². The normalized spacial score (nSPS) is 24.1. The molecule has 0 aliphatic carbocycles. The molecule has 0 spiro atoms. The van der Waals surface area contributed by atoms with E-state index < -0.39 is 0 Å². The van der Waals surface area contributed by atoms with Gasteiger partial charge in [-0.2, -0.15) is 0 Å². The lowest BCUT2D eigenvalue weighted by Gasteiger charge is -2.35. The number of piperidine rings is 1. The molecule has 20 heavy (non-hydrogen) atoms. The van der Waals surface area contributed by atoms with Gasteiger partial charge in [0.05, 0.1) is 6.10 Å². The Balaban J connectivity index is 1.93. The van der Waals surface area contributed by atoms with E-state index in [0.29, 0.717) is 12.0 Å². The van der Waals surface area contributed by atoms with Gasteiger partial charge < -0.3 is 15.0 Å². The zero-order valence-corrected chi connectivity index (χ0v) is 13.2. The molecule has 1 aromatic carbocycles. The molecule has 0 aromatic heterocycles. The van der Waals surface area contributed by atoms with Crippen molar-refractivity contribution in [2.75, 3.05) is 20.1 Å². The molecule has 2 rings (SSSR count). The molecule has 0 bridgehead atoms. The molecule has 1 aliphatic heterocycles. The molecule has 2 atom stereocenters. The lowest BCUT2D eigenvalue weighted by Crippen LogP contribution is -2.46. The Bertz CT molecular complexity index is 419. The predicted octanol–water partition coefficient (Wildman–Crippen LogP) is 2.90. The van der Waals surface area contributed by atoms with Crippen molar-refractivity contribution in [3.8, 4) is 5.75 Å². The molecule has 3 nitrogen and oxygen atoms in total. The summed E-state index contributed by atoms with van der Waals surface area (Å²) in [6.45, 7) is 9.74. The molecule has 2 unspecified atom stereocenters. The highest BCUT2D eigenvalue weighted by molar-refractivity contribution is 5.33. The van der Waals surface area contributed by atoms with E-state index in [1.165, 1.54) is 25.1 Å². The van der Waals surface area contributed by atoms with Gasteiger partial charge in [0, 0.05) is 24.7 Å². The van der Waals surface area contributed by atoms with Gasteiger partial charge in [-0.15, -0.1) is 0 Å². The fourth-order valence-corrected chi connectivity index (χ4v) is 2.92. The van der Waals surface area contributed by atoms with Crippen molar-refractivity contribution in [1.82, 2.24) is 10.2 Å². The Morgan fingerprint density at radius 3 is 2.80 bits per heavy atom. The second-order valence-electron chi connectivity index (χ2n) is 6.29. The van der Waals surface area contributed by atoms with Crippen LogP contribution < -0.4 is 10.1 Å². The largest absolute Gasteiger partial charge is 0.491 e. The number of likely N-dealkylation sites (tertiary alicyclic amines) is 1. The average Bonchev–Trinajstić information content (AvgIpc) is 2.39. The summed E-state index contributed by atoms with van der Waals surface area (Å²) in [5, 5.41) is 3.72. The van der Waals surface area contributed by atoms with Crippen LogP contribution in [0.3, 0.4) is 0 Å².